The number of hydrogen-bond acceptors (Lipinski definition) is 8. The van der Waals surface area contributed by atoms with Crippen LogP contribution in [0.15, 0.2) is 18.5 Å². The van der Waals surface area contributed by atoms with Gasteiger partial charge in [0.1, 0.15) is 5.82 Å². The maximum Gasteiger partial charge on any atom is 0.227 e. The fraction of sp³-hybridized carbons (Fsp3) is 0.500. The molecule has 2 aliphatic heterocycles. The van der Waals surface area contributed by atoms with Gasteiger partial charge in [-0.1, -0.05) is 0 Å². The fourth-order valence-electron chi connectivity index (χ4n) is 2.89. The molecule has 4 rings (SSSR count). The van der Waals surface area contributed by atoms with Crippen LogP contribution in [-0.2, 0) is 4.74 Å². The van der Waals surface area contributed by atoms with Gasteiger partial charge in [-0.3, -0.25) is 0 Å². The molecule has 0 aliphatic carbocycles. The lowest BCUT2D eigenvalue weighted by atomic mass is 10.2. The van der Waals surface area contributed by atoms with Crippen molar-refractivity contribution in [3.8, 4) is 11.3 Å². The Morgan fingerprint density at radius 3 is 2.58 bits per heavy atom. The predicted octanol–water partition coefficient (Wildman–Crippen LogP) is 0.951. The first kappa shape index (κ1) is 15.1. The summed E-state index contributed by atoms with van der Waals surface area (Å²) in [4.78, 5) is 22.1. The second-order valence-corrected chi connectivity index (χ2v) is 6.21. The molecule has 0 saturated carbocycles. The molecule has 2 aromatic rings. The van der Waals surface area contributed by atoms with Gasteiger partial charge >= 0.3 is 0 Å². The molecule has 1 atom stereocenters. The van der Waals surface area contributed by atoms with Crippen molar-refractivity contribution >= 4 is 17.7 Å². The summed E-state index contributed by atoms with van der Waals surface area (Å²) in [6, 6.07) is 2.00. The third-order valence-electron chi connectivity index (χ3n) is 4.37. The van der Waals surface area contributed by atoms with Crippen LogP contribution < -0.4 is 15.5 Å². The van der Waals surface area contributed by atoms with E-state index in [1.165, 1.54) is 6.42 Å². The van der Waals surface area contributed by atoms with E-state index < -0.39 is 0 Å². The van der Waals surface area contributed by atoms with Crippen LogP contribution >= 0.6 is 0 Å². The highest BCUT2D eigenvalue weighted by Crippen LogP contribution is 2.27. The topological polar surface area (TPSA) is 93.3 Å². The van der Waals surface area contributed by atoms with Crippen LogP contribution in [0, 0.1) is 0 Å². The molecule has 0 radical (unpaired) electrons. The number of nitrogen functional groups attached to an aromatic ring is 1. The smallest absolute Gasteiger partial charge is 0.227 e. The molecule has 4 heterocycles. The number of rotatable bonds is 3. The number of anilines is 3. The van der Waals surface area contributed by atoms with Crippen molar-refractivity contribution in [3.05, 3.63) is 18.5 Å². The van der Waals surface area contributed by atoms with Gasteiger partial charge in [-0.25, -0.2) is 15.0 Å². The summed E-state index contributed by atoms with van der Waals surface area (Å²) in [6.07, 6.45) is 4.79. The summed E-state index contributed by atoms with van der Waals surface area (Å²) in [6.45, 7) is 6.46. The summed E-state index contributed by atoms with van der Waals surface area (Å²) in [7, 11) is 0. The lowest BCUT2D eigenvalue weighted by molar-refractivity contribution is 0.0529. The molecule has 2 saturated heterocycles. The number of aromatic nitrogens is 4. The minimum absolute atomic E-state index is 0.199. The lowest BCUT2D eigenvalue weighted by Crippen LogP contribution is -2.42. The van der Waals surface area contributed by atoms with Gasteiger partial charge in [0, 0.05) is 50.2 Å². The van der Waals surface area contributed by atoms with Crippen LogP contribution in [0.4, 0.5) is 17.7 Å². The number of nitrogens with zero attached hydrogens (tertiary/aromatic N) is 6. The molecular formula is C16H21N7O. The molecule has 0 unspecified atom stereocenters. The zero-order chi connectivity index (χ0) is 16.5. The molecule has 0 aromatic carbocycles. The van der Waals surface area contributed by atoms with Crippen molar-refractivity contribution in [2.75, 3.05) is 48.3 Å². The summed E-state index contributed by atoms with van der Waals surface area (Å²) in [5, 5.41) is 0. The van der Waals surface area contributed by atoms with Crippen molar-refractivity contribution in [3.63, 3.8) is 0 Å². The quantitative estimate of drug-likeness (QED) is 0.890. The molecule has 0 bridgehead atoms. The van der Waals surface area contributed by atoms with E-state index in [2.05, 4.69) is 26.7 Å². The second-order valence-electron chi connectivity index (χ2n) is 6.21. The first-order valence-corrected chi connectivity index (χ1v) is 8.27. The lowest BCUT2D eigenvalue weighted by Gasteiger charge is -2.34. The molecule has 2 N–H and O–H groups in total. The maximum absolute atomic E-state index is 5.64. The first-order chi connectivity index (χ1) is 11.7. The standard InChI is InChI=1S/C16H21N7O/c1-11-10-23(5-6-24-11)14-7-13(12-8-18-15(17)19-9-12)20-16(21-14)22-3-2-4-22/h7-9,11H,2-6,10H2,1H3,(H2,17,18,19)/t11-/m1/s1. The highest BCUT2D eigenvalue weighted by Gasteiger charge is 2.23. The maximum atomic E-state index is 5.64. The zero-order valence-electron chi connectivity index (χ0n) is 13.7. The SMILES string of the molecule is C[C@@H]1CN(c2cc(-c3cnc(N)nc3)nc(N3CCC3)n2)CCO1. The van der Waals surface area contributed by atoms with Gasteiger partial charge in [-0.2, -0.15) is 4.98 Å². The van der Waals surface area contributed by atoms with Gasteiger partial charge in [0.15, 0.2) is 0 Å². The van der Waals surface area contributed by atoms with Crippen molar-refractivity contribution < 1.29 is 4.74 Å². The van der Waals surface area contributed by atoms with Crippen LogP contribution in [0.2, 0.25) is 0 Å². The van der Waals surface area contributed by atoms with Crippen LogP contribution in [0.5, 0.6) is 0 Å². The molecule has 24 heavy (non-hydrogen) atoms. The molecule has 2 aromatic heterocycles. The van der Waals surface area contributed by atoms with E-state index in [4.69, 9.17) is 20.4 Å². The van der Waals surface area contributed by atoms with Crippen LogP contribution in [0.3, 0.4) is 0 Å². The van der Waals surface area contributed by atoms with Gasteiger partial charge in [-0.05, 0) is 13.3 Å². The Morgan fingerprint density at radius 1 is 1.12 bits per heavy atom. The first-order valence-electron chi connectivity index (χ1n) is 8.27. The van der Waals surface area contributed by atoms with Crippen LogP contribution in [-0.4, -0.2) is 58.8 Å². The average Bonchev–Trinajstić information content (AvgIpc) is 2.54. The number of hydrogen-bond donors (Lipinski definition) is 1. The van der Waals surface area contributed by atoms with Gasteiger partial charge in [0.25, 0.3) is 0 Å². The molecule has 0 amide bonds. The van der Waals surface area contributed by atoms with E-state index in [-0.39, 0.29) is 12.1 Å². The predicted molar refractivity (Wildman–Crippen MR) is 91.9 cm³/mol. The van der Waals surface area contributed by atoms with Gasteiger partial charge in [0.05, 0.1) is 18.4 Å². The summed E-state index contributed by atoms with van der Waals surface area (Å²) in [5.74, 6) is 1.96. The third kappa shape index (κ3) is 2.96. The van der Waals surface area contributed by atoms with Crippen molar-refractivity contribution in [1.82, 2.24) is 19.9 Å². The molecular weight excluding hydrogens is 306 g/mol. The molecule has 126 valence electrons. The Bertz CT molecular complexity index is 717. The van der Waals surface area contributed by atoms with E-state index >= 15 is 0 Å². The Labute approximate surface area is 140 Å². The molecule has 0 spiro atoms. The number of nitrogens with two attached hydrogens (primary N) is 1. The zero-order valence-corrected chi connectivity index (χ0v) is 13.7. The Morgan fingerprint density at radius 2 is 1.92 bits per heavy atom. The molecule has 8 heteroatoms. The van der Waals surface area contributed by atoms with E-state index in [9.17, 15) is 0 Å². The molecule has 2 fully saturated rings. The minimum Gasteiger partial charge on any atom is -0.375 e. The van der Waals surface area contributed by atoms with E-state index in [1.54, 1.807) is 12.4 Å². The highest BCUT2D eigenvalue weighted by atomic mass is 16.5. The fourth-order valence-corrected chi connectivity index (χ4v) is 2.89. The average molecular weight is 327 g/mol. The highest BCUT2D eigenvalue weighted by molar-refractivity contribution is 5.64. The van der Waals surface area contributed by atoms with Gasteiger partial charge in [-0.15, -0.1) is 0 Å². The van der Waals surface area contributed by atoms with Crippen molar-refractivity contribution in [1.29, 1.82) is 0 Å². The largest absolute Gasteiger partial charge is 0.375 e. The van der Waals surface area contributed by atoms with E-state index in [1.807, 2.05) is 6.07 Å². The minimum atomic E-state index is 0.199. The van der Waals surface area contributed by atoms with Gasteiger partial charge in [0.2, 0.25) is 11.9 Å². The Balaban J connectivity index is 1.72. The van der Waals surface area contributed by atoms with Crippen molar-refractivity contribution in [2.24, 2.45) is 0 Å². The normalized spacial score (nSPS) is 20.8. The third-order valence-corrected chi connectivity index (χ3v) is 4.37. The van der Waals surface area contributed by atoms with E-state index in [0.29, 0.717) is 6.61 Å². The van der Waals surface area contributed by atoms with Gasteiger partial charge < -0.3 is 20.3 Å². The molecule has 2 aliphatic rings. The number of ether oxygens (including phenoxy) is 1. The van der Waals surface area contributed by atoms with Crippen LogP contribution in [0.1, 0.15) is 13.3 Å². The monoisotopic (exact) mass is 327 g/mol. The number of morpholine rings is 1. The Hall–Kier alpha value is -2.48. The summed E-state index contributed by atoms with van der Waals surface area (Å²) in [5.41, 5.74) is 7.25. The van der Waals surface area contributed by atoms with Crippen molar-refractivity contribution in [2.45, 2.75) is 19.4 Å². The van der Waals surface area contributed by atoms with E-state index in [0.717, 1.165) is 49.2 Å². The molecule has 8 nitrogen and oxygen atoms in total. The Kier molecular flexibility index (Phi) is 3.89. The second kappa shape index (κ2) is 6.20. The van der Waals surface area contributed by atoms with Crippen LogP contribution in [0.25, 0.3) is 11.3 Å². The summed E-state index contributed by atoms with van der Waals surface area (Å²) < 4.78 is 5.64. The summed E-state index contributed by atoms with van der Waals surface area (Å²) >= 11 is 0.